The summed E-state index contributed by atoms with van der Waals surface area (Å²) in [5, 5.41) is 3.45. The maximum absolute atomic E-state index is 5.73. The quantitative estimate of drug-likeness (QED) is 0.531. The number of ether oxygens (including phenoxy) is 1. The molecule has 0 bridgehead atoms. The molecule has 0 radical (unpaired) electrons. The highest BCUT2D eigenvalue weighted by molar-refractivity contribution is 5.20. The van der Waals surface area contributed by atoms with Gasteiger partial charge in [-0.2, -0.15) is 0 Å². The fraction of sp³-hybridized carbons (Fsp3) is 0.500. The summed E-state index contributed by atoms with van der Waals surface area (Å²) in [6, 6.07) is 9.95. The zero-order valence-electron chi connectivity index (χ0n) is 11.6. The van der Waals surface area contributed by atoms with Crippen molar-refractivity contribution < 1.29 is 4.74 Å². The highest BCUT2D eigenvalue weighted by Crippen LogP contribution is 2.22. The Hall–Kier alpha value is -1.28. The van der Waals surface area contributed by atoms with E-state index in [4.69, 9.17) is 4.74 Å². The lowest BCUT2D eigenvalue weighted by atomic mass is 9.87. The van der Waals surface area contributed by atoms with Crippen LogP contribution in [0.1, 0.15) is 26.7 Å². The molecule has 2 heteroatoms. The first-order valence-corrected chi connectivity index (χ1v) is 6.72. The lowest BCUT2D eigenvalue weighted by Crippen LogP contribution is -2.32. The van der Waals surface area contributed by atoms with Gasteiger partial charge in [0.25, 0.3) is 0 Å². The molecule has 1 unspecified atom stereocenters. The van der Waals surface area contributed by atoms with Crippen LogP contribution in [0.25, 0.3) is 0 Å². The average molecular weight is 247 g/mol. The molecule has 1 aromatic rings. The lowest BCUT2D eigenvalue weighted by Gasteiger charge is -2.26. The van der Waals surface area contributed by atoms with Gasteiger partial charge in [0.1, 0.15) is 5.75 Å². The molecule has 0 spiro atoms. The minimum atomic E-state index is 0.101. The Kier molecular flexibility index (Phi) is 6.51. The van der Waals surface area contributed by atoms with Crippen LogP contribution in [-0.4, -0.2) is 19.7 Å². The second kappa shape index (κ2) is 7.93. The molecule has 0 heterocycles. The summed E-state index contributed by atoms with van der Waals surface area (Å²) in [5.74, 6) is 0.936. The minimum Gasteiger partial charge on any atom is -0.494 e. The zero-order chi connectivity index (χ0) is 13.3. The van der Waals surface area contributed by atoms with Gasteiger partial charge in [-0.1, -0.05) is 38.1 Å². The van der Waals surface area contributed by atoms with Crippen LogP contribution in [0, 0.1) is 5.41 Å². The van der Waals surface area contributed by atoms with Crippen LogP contribution in [0.4, 0.5) is 0 Å². The van der Waals surface area contributed by atoms with E-state index in [-0.39, 0.29) is 5.41 Å². The Morgan fingerprint density at radius 1 is 1.33 bits per heavy atom. The van der Waals surface area contributed by atoms with Crippen LogP contribution in [0.3, 0.4) is 0 Å². The standard InChI is InChI=1S/C16H25NO/c1-4-12-17-14-16(3,5-2)11-13-18-15-9-7-6-8-10-15/h5-10,17H,2,4,11-14H2,1,3H3. The van der Waals surface area contributed by atoms with E-state index in [2.05, 4.69) is 25.7 Å². The monoisotopic (exact) mass is 247 g/mol. The first-order chi connectivity index (χ1) is 8.70. The van der Waals surface area contributed by atoms with E-state index < -0.39 is 0 Å². The van der Waals surface area contributed by atoms with Crippen LogP contribution in [0.15, 0.2) is 43.0 Å². The van der Waals surface area contributed by atoms with Crippen LogP contribution >= 0.6 is 0 Å². The first-order valence-electron chi connectivity index (χ1n) is 6.72. The Bertz CT molecular complexity index is 336. The van der Waals surface area contributed by atoms with Crippen molar-refractivity contribution >= 4 is 0 Å². The molecule has 0 aliphatic rings. The first kappa shape index (κ1) is 14.8. The molecule has 0 aromatic heterocycles. The van der Waals surface area contributed by atoms with Gasteiger partial charge in [-0.05, 0) is 31.5 Å². The summed E-state index contributed by atoms with van der Waals surface area (Å²) in [4.78, 5) is 0. The van der Waals surface area contributed by atoms with E-state index in [9.17, 15) is 0 Å². The van der Waals surface area contributed by atoms with E-state index in [0.717, 1.165) is 38.3 Å². The van der Waals surface area contributed by atoms with Crippen molar-refractivity contribution in [3.63, 3.8) is 0 Å². The zero-order valence-corrected chi connectivity index (χ0v) is 11.6. The van der Waals surface area contributed by atoms with Gasteiger partial charge in [0, 0.05) is 12.0 Å². The second-order valence-electron chi connectivity index (χ2n) is 4.95. The van der Waals surface area contributed by atoms with E-state index in [0.29, 0.717) is 0 Å². The van der Waals surface area contributed by atoms with Crippen molar-refractivity contribution in [1.29, 1.82) is 0 Å². The molecule has 0 saturated heterocycles. The number of hydrogen-bond donors (Lipinski definition) is 1. The molecule has 0 aliphatic heterocycles. The number of benzene rings is 1. The SMILES string of the molecule is C=CC(C)(CCOc1ccccc1)CNCCC. The van der Waals surface area contributed by atoms with Crippen molar-refractivity contribution in [2.75, 3.05) is 19.7 Å². The molecule has 18 heavy (non-hydrogen) atoms. The Morgan fingerprint density at radius 3 is 2.67 bits per heavy atom. The number of para-hydroxylation sites is 1. The maximum atomic E-state index is 5.73. The Labute approximate surface area is 111 Å². The van der Waals surface area contributed by atoms with Crippen LogP contribution in [0.2, 0.25) is 0 Å². The summed E-state index contributed by atoms with van der Waals surface area (Å²) in [6.07, 6.45) is 4.17. The fourth-order valence-electron chi connectivity index (χ4n) is 1.73. The van der Waals surface area contributed by atoms with E-state index in [1.165, 1.54) is 0 Å². The summed E-state index contributed by atoms with van der Waals surface area (Å²) in [6.45, 7) is 11.1. The summed E-state index contributed by atoms with van der Waals surface area (Å²) < 4.78 is 5.73. The summed E-state index contributed by atoms with van der Waals surface area (Å²) >= 11 is 0. The van der Waals surface area contributed by atoms with Crippen molar-refractivity contribution in [2.24, 2.45) is 5.41 Å². The maximum Gasteiger partial charge on any atom is 0.119 e. The van der Waals surface area contributed by atoms with Gasteiger partial charge in [-0.15, -0.1) is 6.58 Å². The molecule has 1 aromatic carbocycles. The fourth-order valence-corrected chi connectivity index (χ4v) is 1.73. The number of nitrogens with one attached hydrogen (secondary N) is 1. The molecule has 100 valence electrons. The normalized spacial score (nSPS) is 13.9. The largest absolute Gasteiger partial charge is 0.494 e. The molecule has 0 aliphatic carbocycles. The summed E-state index contributed by atoms with van der Waals surface area (Å²) in [7, 11) is 0. The van der Waals surface area contributed by atoms with Gasteiger partial charge in [-0.25, -0.2) is 0 Å². The molecule has 1 rings (SSSR count). The molecular weight excluding hydrogens is 222 g/mol. The third kappa shape index (κ3) is 5.37. The van der Waals surface area contributed by atoms with Crippen molar-refractivity contribution in [3.05, 3.63) is 43.0 Å². The number of rotatable bonds is 9. The molecule has 2 nitrogen and oxygen atoms in total. The lowest BCUT2D eigenvalue weighted by molar-refractivity contribution is 0.244. The highest BCUT2D eigenvalue weighted by atomic mass is 16.5. The molecule has 1 N–H and O–H groups in total. The summed E-state index contributed by atoms with van der Waals surface area (Å²) in [5.41, 5.74) is 0.101. The van der Waals surface area contributed by atoms with Crippen molar-refractivity contribution in [1.82, 2.24) is 5.32 Å². The van der Waals surface area contributed by atoms with E-state index in [1.807, 2.05) is 36.4 Å². The van der Waals surface area contributed by atoms with Gasteiger partial charge in [0.2, 0.25) is 0 Å². The Morgan fingerprint density at radius 2 is 2.06 bits per heavy atom. The molecule has 0 fully saturated rings. The van der Waals surface area contributed by atoms with Gasteiger partial charge >= 0.3 is 0 Å². The predicted octanol–water partition coefficient (Wildman–Crippen LogP) is 3.65. The predicted molar refractivity (Wildman–Crippen MR) is 78.0 cm³/mol. The van der Waals surface area contributed by atoms with Crippen LogP contribution in [0.5, 0.6) is 5.75 Å². The van der Waals surface area contributed by atoms with Crippen molar-refractivity contribution in [3.8, 4) is 5.75 Å². The third-order valence-electron chi connectivity index (χ3n) is 3.13. The molecule has 1 atom stereocenters. The topological polar surface area (TPSA) is 21.3 Å². The third-order valence-corrected chi connectivity index (χ3v) is 3.13. The van der Waals surface area contributed by atoms with Gasteiger partial charge in [0.15, 0.2) is 0 Å². The molecule has 0 amide bonds. The number of hydrogen-bond acceptors (Lipinski definition) is 2. The van der Waals surface area contributed by atoms with Crippen LogP contribution < -0.4 is 10.1 Å². The minimum absolute atomic E-state index is 0.101. The van der Waals surface area contributed by atoms with Gasteiger partial charge in [-0.3, -0.25) is 0 Å². The average Bonchev–Trinajstić information content (AvgIpc) is 2.40. The molecule has 0 saturated carbocycles. The van der Waals surface area contributed by atoms with E-state index in [1.54, 1.807) is 0 Å². The smallest absolute Gasteiger partial charge is 0.119 e. The van der Waals surface area contributed by atoms with Crippen LogP contribution in [-0.2, 0) is 0 Å². The van der Waals surface area contributed by atoms with Crippen molar-refractivity contribution in [2.45, 2.75) is 26.7 Å². The Balaban J connectivity index is 2.32. The van der Waals surface area contributed by atoms with Gasteiger partial charge < -0.3 is 10.1 Å². The highest BCUT2D eigenvalue weighted by Gasteiger charge is 2.19. The second-order valence-corrected chi connectivity index (χ2v) is 4.95. The molecular formula is C16H25NO. The van der Waals surface area contributed by atoms with Gasteiger partial charge in [0.05, 0.1) is 6.61 Å². The van der Waals surface area contributed by atoms with E-state index >= 15 is 0 Å².